The van der Waals surface area contributed by atoms with Crippen LogP contribution in [0.1, 0.15) is 20.8 Å². The number of nitrogens with two attached hydrogens (primary N) is 1. The third-order valence-corrected chi connectivity index (χ3v) is 1.67. The smallest absolute Gasteiger partial charge is 0.239 e. The summed E-state index contributed by atoms with van der Waals surface area (Å²) >= 11 is 0. The van der Waals surface area contributed by atoms with Crippen LogP contribution in [0.4, 0.5) is 11.5 Å². The van der Waals surface area contributed by atoms with Gasteiger partial charge in [0, 0.05) is 5.54 Å². The van der Waals surface area contributed by atoms with Crippen LogP contribution in [0.15, 0.2) is 12.5 Å². The molecular weight excluding hydrogens is 206 g/mol. The second-order valence-corrected chi connectivity index (χ2v) is 4.48. The van der Waals surface area contributed by atoms with Gasteiger partial charge in [-0.25, -0.2) is 9.97 Å². The van der Waals surface area contributed by atoms with E-state index < -0.39 is 0 Å². The molecule has 88 valence electrons. The van der Waals surface area contributed by atoms with Crippen molar-refractivity contribution >= 4 is 17.4 Å². The summed E-state index contributed by atoms with van der Waals surface area (Å²) in [7, 11) is 0. The summed E-state index contributed by atoms with van der Waals surface area (Å²) in [4.78, 5) is 19.2. The van der Waals surface area contributed by atoms with E-state index in [2.05, 4.69) is 20.6 Å². The molecular formula is C10H17N5O. The number of carbonyl (C=O) groups is 1. The average molecular weight is 223 g/mol. The summed E-state index contributed by atoms with van der Waals surface area (Å²) in [6, 6.07) is 0. The van der Waals surface area contributed by atoms with Crippen molar-refractivity contribution < 1.29 is 4.79 Å². The number of carbonyl (C=O) groups excluding carboxylic acids is 1. The molecule has 0 aliphatic rings. The first-order valence-electron chi connectivity index (χ1n) is 4.99. The van der Waals surface area contributed by atoms with Gasteiger partial charge in [-0.15, -0.1) is 0 Å². The van der Waals surface area contributed by atoms with Gasteiger partial charge in [0.1, 0.15) is 6.33 Å². The Morgan fingerprint density at radius 1 is 1.50 bits per heavy atom. The molecule has 6 heteroatoms. The lowest BCUT2D eigenvalue weighted by atomic mass is 10.1. The Labute approximate surface area is 94.7 Å². The van der Waals surface area contributed by atoms with Crippen LogP contribution >= 0.6 is 0 Å². The van der Waals surface area contributed by atoms with Crippen molar-refractivity contribution in [2.45, 2.75) is 26.3 Å². The zero-order valence-corrected chi connectivity index (χ0v) is 9.74. The maximum Gasteiger partial charge on any atom is 0.239 e. The highest BCUT2D eigenvalue weighted by atomic mass is 16.2. The van der Waals surface area contributed by atoms with Crippen LogP contribution < -0.4 is 16.4 Å². The maximum absolute atomic E-state index is 11.5. The number of hydrogen-bond donors (Lipinski definition) is 3. The molecule has 0 aromatic carbocycles. The van der Waals surface area contributed by atoms with Crippen LogP contribution in [0.25, 0.3) is 0 Å². The van der Waals surface area contributed by atoms with Gasteiger partial charge in [-0.05, 0) is 20.8 Å². The number of hydrogen-bond acceptors (Lipinski definition) is 5. The summed E-state index contributed by atoms with van der Waals surface area (Å²) in [6.45, 7) is 5.90. The minimum absolute atomic E-state index is 0.106. The van der Waals surface area contributed by atoms with E-state index in [9.17, 15) is 4.79 Å². The van der Waals surface area contributed by atoms with Crippen LogP contribution in [0.5, 0.6) is 0 Å². The number of nitrogens with one attached hydrogen (secondary N) is 2. The van der Waals surface area contributed by atoms with Crippen molar-refractivity contribution in [1.82, 2.24) is 15.3 Å². The Morgan fingerprint density at radius 3 is 2.75 bits per heavy atom. The number of aromatic nitrogens is 2. The first-order chi connectivity index (χ1) is 7.38. The van der Waals surface area contributed by atoms with Gasteiger partial charge < -0.3 is 16.4 Å². The molecule has 1 amide bonds. The molecule has 0 atom stereocenters. The lowest BCUT2D eigenvalue weighted by molar-refractivity contribution is -0.120. The molecule has 0 aliphatic carbocycles. The molecule has 0 bridgehead atoms. The molecule has 0 aliphatic heterocycles. The van der Waals surface area contributed by atoms with E-state index in [1.165, 1.54) is 12.5 Å². The molecule has 16 heavy (non-hydrogen) atoms. The van der Waals surface area contributed by atoms with Gasteiger partial charge >= 0.3 is 0 Å². The average Bonchev–Trinajstić information content (AvgIpc) is 2.14. The van der Waals surface area contributed by atoms with Gasteiger partial charge in [-0.2, -0.15) is 0 Å². The Morgan fingerprint density at radius 2 is 2.19 bits per heavy atom. The largest absolute Gasteiger partial charge is 0.394 e. The van der Waals surface area contributed by atoms with E-state index in [0.717, 1.165) is 0 Å². The second kappa shape index (κ2) is 4.78. The molecule has 1 aromatic rings. The van der Waals surface area contributed by atoms with Crippen LogP contribution in [0.2, 0.25) is 0 Å². The zero-order valence-electron chi connectivity index (χ0n) is 9.74. The number of anilines is 2. The number of rotatable bonds is 3. The molecule has 0 unspecified atom stereocenters. The zero-order chi connectivity index (χ0) is 12.2. The lowest BCUT2D eigenvalue weighted by Gasteiger charge is -2.20. The van der Waals surface area contributed by atoms with Crippen LogP contribution in [0.3, 0.4) is 0 Å². The standard InChI is InChI=1S/C10H17N5O/c1-10(2,3)15-8(16)5-13-9-7(11)4-12-6-14-9/h4,6H,5,11H2,1-3H3,(H,15,16)(H,12,13,14). The second-order valence-electron chi connectivity index (χ2n) is 4.48. The lowest BCUT2D eigenvalue weighted by Crippen LogP contribution is -2.43. The van der Waals surface area contributed by atoms with E-state index in [1.807, 2.05) is 20.8 Å². The summed E-state index contributed by atoms with van der Waals surface area (Å²) in [5.41, 5.74) is 5.80. The molecule has 1 aromatic heterocycles. The van der Waals surface area contributed by atoms with Gasteiger partial charge in [-0.1, -0.05) is 0 Å². The van der Waals surface area contributed by atoms with Gasteiger partial charge in [0.25, 0.3) is 0 Å². The number of amides is 1. The molecule has 0 fully saturated rings. The first-order valence-corrected chi connectivity index (χ1v) is 4.99. The van der Waals surface area contributed by atoms with Gasteiger partial charge in [0.15, 0.2) is 5.82 Å². The molecule has 1 rings (SSSR count). The Bertz CT molecular complexity index is 372. The van der Waals surface area contributed by atoms with E-state index in [4.69, 9.17) is 5.73 Å². The highest BCUT2D eigenvalue weighted by Crippen LogP contribution is 2.10. The minimum Gasteiger partial charge on any atom is -0.394 e. The van der Waals surface area contributed by atoms with Crippen molar-refractivity contribution in [3.8, 4) is 0 Å². The number of nitrogens with zero attached hydrogens (tertiary/aromatic N) is 2. The molecule has 6 nitrogen and oxygen atoms in total. The van der Waals surface area contributed by atoms with Crippen molar-refractivity contribution in [2.75, 3.05) is 17.6 Å². The summed E-state index contributed by atoms with van der Waals surface area (Å²) < 4.78 is 0. The highest BCUT2D eigenvalue weighted by molar-refractivity contribution is 5.81. The van der Waals surface area contributed by atoms with E-state index in [-0.39, 0.29) is 18.0 Å². The quantitative estimate of drug-likeness (QED) is 0.689. The number of nitrogen functional groups attached to an aromatic ring is 1. The van der Waals surface area contributed by atoms with Crippen molar-refractivity contribution in [1.29, 1.82) is 0 Å². The fraction of sp³-hybridized carbons (Fsp3) is 0.500. The fourth-order valence-electron chi connectivity index (χ4n) is 1.11. The minimum atomic E-state index is -0.240. The highest BCUT2D eigenvalue weighted by Gasteiger charge is 2.13. The molecule has 4 N–H and O–H groups in total. The first kappa shape index (κ1) is 12.2. The fourth-order valence-corrected chi connectivity index (χ4v) is 1.11. The maximum atomic E-state index is 11.5. The van der Waals surface area contributed by atoms with Crippen LogP contribution in [-0.2, 0) is 4.79 Å². The van der Waals surface area contributed by atoms with Crippen molar-refractivity contribution in [2.24, 2.45) is 0 Å². The molecule has 0 saturated heterocycles. The predicted octanol–water partition coefficient (Wildman–Crippen LogP) is 0.385. The van der Waals surface area contributed by atoms with E-state index in [0.29, 0.717) is 11.5 Å². The summed E-state index contributed by atoms with van der Waals surface area (Å²) in [6.07, 6.45) is 2.86. The third-order valence-electron chi connectivity index (χ3n) is 1.67. The van der Waals surface area contributed by atoms with Crippen molar-refractivity contribution in [3.63, 3.8) is 0 Å². The van der Waals surface area contributed by atoms with Crippen LogP contribution in [0, 0.1) is 0 Å². The summed E-state index contributed by atoms with van der Waals surface area (Å²) in [5.74, 6) is 0.365. The Balaban J connectivity index is 2.47. The van der Waals surface area contributed by atoms with Crippen LogP contribution in [-0.4, -0.2) is 28.0 Å². The van der Waals surface area contributed by atoms with Gasteiger partial charge in [-0.3, -0.25) is 4.79 Å². The van der Waals surface area contributed by atoms with Gasteiger partial charge in [0.05, 0.1) is 18.4 Å². The van der Waals surface area contributed by atoms with Gasteiger partial charge in [0.2, 0.25) is 5.91 Å². The monoisotopic (exact) mass is 223 g/mol. The molecule has 0 spiro atoms. The SMILES string of the molecule is CC(C)(C)NC(=O)CNc1ncncc1N. The van der Waals surface area contributed by atoms with Crippen molar-refractivity contribution in [3.05, 3.63) is 12.5 Å². The molecule has 1 heterocycles. The summed E-state index contributed by atoms with van der Waals surface area (Å²) in [5, 5.41) is 5.67. The Kier molecular flexibility index (Phi) is 3.65. The normalized spacial score (nSPS) is 10.9. The topological polar surface area (TPSA) is 92.9 Å². The molecule has 0 saturated carbocycles. The van der Waals surface area contributed by atoms with E-state index >= 15 is 0 Å². The predicted molar refractivity (Wildman–Crippen MR) is 62.8 cm³/mol. The molecule has 0 radical (unpaired) electrons. The van der Waals surface area contributed by atoms with E-state index in [1.54, 1.807) is 0 Å². The Hall–Kier alpha value is -1.85. The third kappa shape index (κ3) is 4.12.